The van der Waals surface area contributed by atoms with Crippen LogP contribution in [0.3, 0.4) is 0 Å². The normalized spacial score (nSPS) is 21.0. The molecule has 1 saturated heterocycles. The highest BCUT2D eigenvalue weighted by atomic mass is 19.1. The van der Waals surface area contributed by atoms with Crippen LogP contribution in [0.1, 0.15) is 30.0 Å². The van der Waals surface area contributed by atoms with Crippen molar-refractivity contribution >= 4 is 11.9 Å². The number of likely N-dealkylation sites (tertiary alicyclic amines) is 1. The van der Waals surface area contributed by atoms with Crippen molar-refractivity contribution in [2.24, 2.45) is 5.73 Å². The summed E-state index contributed by atoms with van der Waals surface area (Å²) >= 11 is 0. The van der Waals surface area contributed by atoms with E-state index >= 15 is 0 Å². The van der Waals surface area contributed by atoms with Gasteiger partial charge in [0, 0.05) is 12.6 Å². The Labute approximate surface area is 141 Å². The minimum Gasteiger partial charge on any atom is -0.352 e. The average molecular weight is 336 g/mol. The van der Waals surface area contributed by atoms with E-state index in [9.17, 15) is 14.0 Å². The topological polar surface area (TPSA) is 78.7 Å². The van der Waals surface area contributed by atoms with Crippen molar-refractivity contribution < 1.29 is 14.0 Å². The van der Waals surface area contributed by atoms with Crippen LogP contribution < -0.4 is 11.1 Å². The third-order valence-electron chi connectivity index (χ3n) is 4.30. The predicted molar refractivity (Wildman–Crippen MR) is 89.9 cm³/mol. The van der Waals surface area contributed by atoms with Gasteiger partial charge in [0.2, 0.25) is 5.91 Å². The minimum absolute atomic E-state index is 0.0393. The van der Waals surface area contributed by atoms with Gasteiger partial charge < -0.3 is 20.9 Å². The lowest BCUT2D eigenvalue weighted by molar-refractivity contribution is -0.122. The molecular weight excluding hydrogens is 311 g/mol. The SMILES string of the molecule is Cc1cc(F)ccc1C1CC(NC(=O)CN(C)C)CCN1C(N)=O. The predicted octanol–water partition coefficient (Wildman–Crippen LogP) is 1.40. The van der Waals surface area contributed by atoms with Gasteiger partial charge in [0.1, 0.15) is 5.82 Å². The molecule has 3 N–H and O–H groups in total. The maximum Gasteiger partial charge on any atom is 0.315 e. The van der Waals surface area contributed by atoms with E-state index in [1.54, 1.807) is 15.9 Å². The molecule has 24 heavy (non-hydrogen) atoms. The molecule has 1 fully saturated rings. The Balaban J connectivity index is 2.17. The van der Waals surface area contributed by atoms with Gasteiger partial charge in [-0.25, -0.2) is 9.18 Å². The number of likely N-dealkylation sites (N-methyl/N-ethyl adjacent to an activating group) is 1. The highest BCUT2D eigenvalue weighted by molar-refractivity contribution is 5.78. The molecule has 3 amide bonds. The van der Waals surface area contributed by atoms with Crippen molar-refractivity contribution in [3.63, 3.8) is 0 Å². The zero-order chi connectivity index (χ0) is 17.9. The lowest BCUT2D eigenvalue weighted by Crippen LogP contribution is -2.50. The lowest BCUT2D eigenvalue weighted by atomic mass is 9.89. The van der Waals surface area contributed by atoms with Gasteiger partial charge in [0.05, 0.1) is 12.6 Å². The van der Waals surface area contributed by atoms with Gasteiger partial charge in [-0.1, -0.05) is 6.07 Å². The smallest absolute Gasteiger partial charge is 0.315 e. The number of carbonyl (C=O) groups excluding carboxylic acids is 2. The van der Waals surface area contributed by atoms with Gasteiger partial charge >= 0.3 is 6.03 Å². The number of rotatable bonds is 4. The average Bonchev–Trinajstić information content (AvgIpc) is 2.45. The number of amides is 3. The van der Waals surface area contributed by atoms with E-state index in [0.29, 0.717) is 25.9 Å². The molecule has 2 unspecified atom stereocenters. The Morgan fingerprint density at radius 3 is 2.71 bits per heavy atom. The summed E-state index contributed by atoms with van der Waals surface area (Å²) in [7, 11) is 3.67. The van der Waals surface area contributed by atoms with Gasteiger partial charge in [-0.15, -0.1) is 0 Å². The van der Waals surface area contributed by atoms with Gasteiger partial charge in [-0.3, -0.25) is 4.79 Å². The minimum atomic E-state index is -0.498. The Bertz CT molecular complexity index is 621. The van der Waals surface area contributed by atoms with Gasteiger partial charge in [0.25, 0.3) is 0 Å². The van der Waals surface area contributed by atoms with Crippen LogP contribution in [0, 0.1) is 12.7 Å². The Kier molecular flexibility index (Phi) is 5.77. The van der Waals surface area contributed by atoms with Crippen LogP contribution in [-0.2, 0) is 4.79 Å². The second-order valence-electron chi connectivity index (χ2n) is 6.57. The summed E-state index contributed by atoms with van der Waals surface area (Å²) in [6.07, 6.45) is 1.22. The van der Waals surface area contributed by atoms with Crippen LogP contribution >= 0.6 is 0 Å². The molecule has 7 heteroatoms. The number of carbonyl (C=O) groups is 2. The molecule has 0 bridgehead atoms. The number of hydrogen-bond acceptors (Lipinski definition) is 3. The first-order valence-electron chi connectivity index (χ1n) is 8.04. The van der Waals surface area contributed by atoms with Crippen LogP contribution in [0.25, 0.3) is 0 Å². The zero-order valence-corrected chi connectivity index (χ0v) is 14.4. The summed E-state index contributed by atoms with van der Waals surface area (Å²) in [6.45, 7) is 2.59. The number of urea groups is 1. The lowest BCUT2D eigenvalue weighted by Gasteiger charge is -2.39. The number of hydrogen-bond donors (Lipinski definition) is 2. The molecule has 2 atom stereocenters. The Morgan fingerprint density at radius 1 is 1.42 bits per heavy atom. The van der Waals surface area contributed by atoms with E-state index in [-0.39, 0.29) is 23.8 Å². The summed E-state index contributed by atoms with van der Waals surface area (Å²) in [4.78, 5) is 27.1. The quantitative estimate of drug-likeness (QED) is 0.872. The first-order chi connectivity index (χ1) is 11.3. The van der Waals surface area contributed by atoms with Crippen molar-refractivity contribution in [2.75, 3.05) is 27.2 Å². The molecule has 2 rings (SSSR count). The van der Waals surface area contributed by atoms with Crippen molar-refractivity contribution in [3.8, 4) is 0 Å². The van der Waals surface area contributed by atoms with Crippen LogP contribution in [0.2, 0.25) is 0 Å². The van der Waals surface area contributed by atoms with Gasteiger partial charge in [0.15, 0.2) is 0 Å². The fourth-order valence-corrected chi connectivity index (χ4v) is 3.23. The third-order valence-corrected chi connectivity index (χ3v) is 4.30. The number of nitrogens with one attached hydrogen (secondary N) is 1. The summed E-state index contributed by atoms with van der Waals surface area (Å²) in [5.74, 6) is -0.361. The summed E-state index contributed by atoms with van der Waals surface area (Å²) in [6, 6.07) is 3.72. The molecule has 1 aliphatic heterocycles. The molecule has 0 aromatic heterocycles. The zero-order valence-electron chi connectivity index (χ0n) is 14.4. The second kappa shape index (κ2) is 7.61. The fourth-order valence-electron chi connectivity index (χ4n) is 3.23. The molecule has 1 aliphatic rings. The number of benzene rings is 1. The third kappa shape index (κ3) is 4.44. The van der Waals surface area contributed by atoms with E-state index in [0.717, 1.165) is 11.1 Å². The number of nitrogens with zero attached hydrogens (tertiary/aromatic N) is 2. The summed E-state index contributed by atoms with van der Waals surface area (Å²) in [5, 5.41) is 3.01. The summed E-state index contributed by atoms with van der Waals surface area (Å²) in [5.41, 5.74) is 7.14. The van der Waals surface area contributed by atoms with Gasteiger partial charge in [-0.2, -0.15) is 0 Å². The molecule has 0 saturated carbocycles. The highest BCUT2D eigenvalue weighted by Gasteiger charge is 2.33. The molecule has 0 radical (unpaired) electrons. The molecular formula is C17H25FN4O2. The van der Waals surface area contributed by atoms with Crippen molar-refractivity contribution in [2.45, 2.75) is 31.8 Å². The number of nitrogens with two attached hydrogens (primary N) is 1. The molecule has 0 spiro atoms. The number of halogens is 1. The second-order valence-corrected chi connectivity index (χ2v) is 6.57. The largest absolute Gasteiger partial charge is 0.352 e. The monoisotopic (exact) mass is 336 g/mol. The maximum atomic E-state index is 13.4. The van der Waals surface area contributed by atoms with Gasteiger partial charge in [-0.05, 0) is 57.1 Å². The number of primary amides is 1. The van der Waals surface area contributed by atoms with E-state index in [4.69, 9.17) is 5.73 Å². The summed E-state index contributed by atoms with van der Waals surface area (Å²) < 4.78 is 13.4. The number of aryl methyl sites for hydroxylation is 1. The van der Waals surface area contributed by atoms with Crippen molar-refractivity contribution in [1.29, 1.82) is 0 Å². The van der Waals surface area contributed by atoms with E-state index in [1.165, 1.54) is 12.1 Å². The van der Waals surface area contributed by atoms with E-state index < -0.39 is 6.03 Å². The molecule has 1 aromatic carbocycles. The van der Waals surface area contributed by atoms with Crippen LogP contribution in [0.5, 0.6) is 0 Å². The molecule has 132 valence electrons. The Morgan fingerprint density at radius 2 is 2.12 bits per heavy atom. The van der Waals surface area contributed by atoms with Crippen LogP contribution in [0.4, 0.5) is 9.18 Å². The van der Waals surface area contributed by atoms with E-state index in [1.807, 2.05) is 21.0 Å². The standard InChI is InChI=1S/C17H25FN4O2/c1-11-8-12(18)4-5-14(11)15-9-13(6-7-22(15)17(19)24)20-16(23)10-21(2)3/h4-5,8,13,15H,6-7,9-10H2,1-3H3,(H2,19,24)(H,20,23). The maximum absolute atomic E-state index is 13.4. The first-order valence-corrected chi connectivity index (χ1v) is 8.04. The molecule has 0 aliphatic carbocycles. The molecule has 6 nitrogen and oxygen atoms in total. The highest BCUT2D eigenvalue weighted by Crippen LogP contribution is 2.33. The van der Waals surface area contributed by atoms with E-state index in [2.05, 4.69) is 5.32 Å². The first kappa shape index (κ1) is 18.2. The molecule has 1 heterocycles. The fraction of sp³-hybridized carbons (Fsp3) is 0.529. The van der Waals surface area contributed by atoms with Crippen molar-refractivity contribution in [3.05, 3.63) is 35.1 Å². The van der Waals surface area contributed by atoms with Crippen LogP contribution in [-0.4, -0.2) is 55.0 Å². The van der Waals surface area contributed by atoms with Crippen molar-refractivity contribution in [1.82, 2.24) is 15.1 Å². The molecule has 1 aromatic rings. The Hall–Kier alpha value is -2.15. The number of piperidine rings is 1. The van der Waals surface area contributed by atoms with Crippen LogP contribution in [0.15, 0.2) is 18.2 Å².